The maximum Gasteiger partial charge on any atom is 0.150 e. The molecule has 3 rings (SSSR count). The van der Waals surface area contributed by atoms with Crippen LogP contribution >= 0.6 is 0 Å². The molecule has 5 heteroatoms. The molecule has 0 unspecified atom stereocenters. The maximum atomic E-state index is 5.41. The van der Waals surface area contributed by atoms with E-state index >= 15 is 0 Å². The fourth-order valence-corrected chi connectivity index (χ4v) is 2.99. The summed E-state index contributed by atoms with van der Waals surface area (Å²) in [5.74, 6) is 0.903. The minimum absolute atomic E-state index is 0.735. The molecule has 2 heterocycles. The molecule has 24 heavy (non-hydrogen) atoms. The molecule has 0 bridgehead atoms. The molecule has 0 aliphatic heterocycles. The van der Waals surface area contributed by atoms with Crippen LogP contribution in [0.1, 0.15) is 35.1 Å². The zero-order valence-electron chi connectivity index (χ0n) is 14.8. The van der Waals surface area contributed by atoms with Gasteiger partial charge in [-0.1, -0.05) is 18.1 Å². The molecular weight excluding hydrogens is 300 g/mol. The molecule has 126 valence electrons. The number of rotatable bonds is 6. The SMILES string of the molecule is CCc1cc(CN(C)Cc2c(C)cc(C)cc2-n2cccn2)on1. The van der Waals surface area contributed by atoms with Gasteiger partial charge in [-0.3, -0.25) is 4.90 Å². The van der Waals surface area contributed by atoms with Crippen LogP contribution < -0.4 is 0 Å². The Kier molecular flexibility index (Phi) is 4.81. The predicted molar refractivity (Wildman–Crippen MR) is 94.1 cm³/mol. The lowest BCUT2D eigenvalue weighted by Crippen LogP contribution is -2.19. The lowest BCUT2D eigenvalue weighted by molar-refractivity contribution is 0.265. The van der Waals surface area contributed by atoms with Gasteiger partial charge in [0.1, 0.15) is 0 Å². The Morgan fingerprint density at radius 2 is 2.00 bits per heavy atom. The lowest BCUT2D eigenvalue weighted by atomic mass is 10.0. The van der Waals surface area contributed by atoms with Crippen LogP contribution in [0.4, 0.5) is 0 Å². The molecule has 0 fully saturated rings. The predicted octanol–water partition coefficient (Wildman–Crippen LogP) is 3.67. The van der Waals surface area contributed by atoms with Crippen LogP contribution in [0.15, 0.2) is 41.2 Å². The van der Waals surface area contributed by atoms with Gasteiger partial charge in [-0.2, -0.15) is 5.10 Å². The maximum absolute atomic E-state index is 5.41. The van der Waals surface area contributed by atoms with E-state index in [-0.39, 0.29) is 0 Å². The van der Waals surface area contributed by atoms with Crippen molar-refractivity contribution in [3.63, 3.8) is 0 Å². The van der Waals surface area contributed by atoms with E-state index in [9.17, 15) is 0 Å². The molecule has 0 saturated carbocycles. The summed E-state index contributed by atoms with van der Waals surface area (Å²) in [6.07, 6.45) is 4.70. The summed E-state index contributed by atoms with van der Waals surface area (Å²) in [4.78, 5) is 2.24. The lowest BCUT2D eigenvalue weighted by Gasteiger charge is -2.20. The fraction of sp³-hybridized carbons (Fsp3) is 0.368. The molecule has 5 nitrogen and oxygen atoms in total. The molecule has 0 spiro atoms. The van der Waals surface area contributed by atoms with Gasteiger partial charge in [0.25, 0.3) is 0 Å². The van der Waals surface area contributed by atoms with Crippen LogP contribution in [-0.2, 0) is 19.5 Å². The van der Waals surface area contributed by atoms with Crippen molar-refractivity contribution in [1.29, 1.82) is 0 Å². The first-order chi connectivity index (χ1) is 11.6. The number of benzene rings is 1. The Balaban J connectivity index is 1.83. The van der Waals surface area contributed by atoms with E-state index < -0.39 is 0 Å². The van der Waals surface area contributed by atoms with Crippen molar-refractivity contribution >= 4 is 0 Å². The van der Waals surface area contributed by atoms with Crippen molar-refractivity contribution in [2.24, 2.45) is 0 Å². The van der Waals surface area contributed by atoms with E-state index in [1.165, 1.54) is 16.7 Å². The summed E-state index contributed by atoms with van der Waals surface area (Å²) < 4.78 is 7.34. The fourth-order valence-electron chi connectivity index (χ4n) is 2.99. The van der Waals surface area contributed by atoms with Gasteiger partial charge < -0.3 is 4.52 Å². The van der Waals surface area contributed by atoms with E-state index in [2.05, 4.69) is 55.1 Å². The summed E-state index contributed by atoms with van der Waals surface area (Å²) in [6, 6.07) is 8.39. The normalized spacial score (nSPS) is 11.4. The summed E-state index contributed by atoms with van der Waals surface area (Å²) in [7, 11) is 2.10. The average Bonchev–Trinajstić information content (AvgIpc) is 3.21. The molecule has 2 aromatic heterocycles. The topological polar surface area (TPSA) is 47.1 Å². The molecule has 0 aliphatic carbocycles. The number of aromatic nitrogens is 3. The third kappa shape index (κ3) is 3.57. The number of nitrogens with zero attached hydrogens (tertiary/aromatic N) is 4. The Hall–Kier alpha value is -2.40. The van der Waals surface area contributed by atoms with Crippen LogP contribution in [0.5, 0.6) is 0 Å². The number of hydrogen-bond donors (Lipinski definition) is 0. The van der Waals surface area contributed by atoms with Gasteiger partial charge in [0, 0.05) is 25.0 Å². The second-order valence-corrected chi connectivity index (χ2v) is 6.34. The smallest absolute Gasteiger partial charge is 0.150 e. The monoisotopic (exact) mass is 324 g/mol. The van der Waals surface area contributed by atoms with Crippen LogP contribution in [0.2, 0.25) is 0 Å². The van der Waals surface area contributed by atoms with Crippen molar-refractivity contribution in [3.05, 3.63) is 64.8 Å². The van der Waals surface area contributed by atoms with Crippen LogP contribution in [-0.4, -0.2) is 26.9 Å². The molecular formula is C19H24N4O. The summed E-state index contributed by atoms with van der Waals surface area (Å²) in [5.41, 5.74) is 5.94. The Bertz CT molecular complexity index is 805. The second kappa shape index (κ2) is 7.01. The van der Waals surface area contributed by atoms with Gasteiger partial charge in [-0.15, -0.1) is 0 Å². The largest absolute Gasteiger partial charge is 0.360 e. The molecule has 3 aromatic rings. The zero-order chi connectivity index (χ0) is 17.1. The number of aryl methyl sites for hydroxylation is 3. The van der Waals surface area contributed by atoms with E-state index in [0.717, 1.165) is 36.7 Å². The summed E-state index contributed by atoms with van der Waals surface area (Å²) >= 11 is 0. The van der Waals surface area contributed by atoms with Crippen LogP contribution in [0, 0.1) is 13.8 Å². The third-order valence-electron chi connectivity index (χ3n) is 4.17. The Labute approximate surface area is 142 Å². The first kappa shape index (κ1) is 16.5. The van der Waals surface area contributed by atoms with Gasteiger partial charge in [0.2, 0.25) is 0 Å². The van der Waals surface area contributed by atoms with Crippen molar-refractivity contribution in [1.82, 2.24) is 19.8 Å². The first-order valence-electron chi connectivity index (χ1n) is 8.30. The van der Waals surface area contributed by atoms with E-state index in [0.29, 0.717) is 0 Å². The third-order valence-corrected chi connectivity index (χ3v) is 4.17. The molecule has 0 atom stereocenters. The van der Waals surface area contributed by atoms with Gasteiger partial charge in [-0.05, 0) is 56.1 Å². The minimum Gasteiger partial charge on any atom is -0.360 e. The van der Waals surface area contributed by atoms with Gasteiger partial charge in [0.15, 0.2) is 5.76 Å². The number of hydrogen-bond acceptors (Lipinski definition) is 4. The highest BCUT2D eigenvalue weighted by atomic mass is 16.5. The minimum atomic E-state index is 0.735. The molecule has 0 amide bonds. The van der Waals surface area contributed by atoms with Crippen LogP contribution in [0.25, 0.3) is 5.69 Å². The standard InChI is InChI=1S/C19H24N4O/c1-5-16-11-17(24-21-16)12-22(4)13-18-15(3)9-14(2)10-19(18)23-8-6-7-20-23/h6-11H,5,12-13H2,1-4H3. The molecule has 0 aliphatic rings. The molecule has 0 saturated heterocycles. The highest BCUT2D eigenvalue weighted by molar-refractivity contribution is 5.48. The van der Waals surface area contributed by atoms with E-state index in [1.54, 1.807) is 0 Å². The van der Waals surface area contributed by atoms with Crippen molar-refractivity contribution in [2.75, 3.05) is 7.05 Å². The van der Waals surface area contributed by atoms with E-state index in [4.69, 9.17) is 4.52 Å². The molecule has 1 aromatic carbocycles. The molecule has 0 radical (unpaired) electrons. The quantitative estimate of drug-likeness (QED) is 0.694. The Morgan fingerprint density at radius 3 is 2.67 bits per heavy atom. The summed E-state index contributed by atoms with van der Waals surface area (Å²) in [5, 5.41) is 8.47. The van der Waals surface area contributed by atoms with Crippen LogP contribution in [0.3, 0.4) is 0 Å². The van der Waals surface area contributed by atoms with Crippen molar-refractivity contribution < 1.29 is 4.52 Å². The first-order valence-corrected chi connectivity index (χ1v) is 8.30. The van der Waals surface area contributed by atoms with Gasteiger partial charge in [0.05, 0.1) is 17.9 Å². The highest BCUT2D eigenvalue weighted by Crippen LogP contribution is 2.22. The average molecular weight is 324 g/mol. The van der Waals surface area contributed by atoms with Gasteiger partial charge >= 0.3 is 0 Å². The molecule has 0 N–H and O–H groups in total. The summed E-state index contributed by atoms with van der Waals surface area (Å²) in [6.45, 7) is 7.92. The Morgan fingerprint density at radius 1 is 1.17 bits per heavy atom. The highest BCUT2D eigenvalue weighted by Gasteiger charge is 2.13. The second-order valence-electron chi connectivity index (χ2n) is 6.34. The van der Waals surface area contributed by atoms with Crippen molar-refractivity contribution in [2.45, 2.75) is 40.3 Å². The zero-order valence-corrected chi connectivity index (χ0v) is 14.8. The van der Waals surface area contributed by atoms with E-state index in [1.807, 2.05) is 29.2 Å². The van der Waals surface area contributed by atoms with Crippen molar-refractivity contribution in [3.8, 4) is 5.69 Å². The van der Waals surface area contributed by atoms with Gasteiger partial charge in [-0.25, -0.2) is 4.68 Å².